The Morgan fingerprint density at radius 1 is 1.37 bits per heavy atom. The van der Waals surface area contributed by atoms with Crippen LogP contribution in [0.5, 0.6) is 0 Å². The first-order chi connectivity index (χ1) is 9.20. The molecular weight excluding hydrogens is 238 g/mol. The summed E-state index contributed by atoms with van der Waals surface area (Å²) in [7, 11) is 1.75. The number of carbonyl (C=O) groups is 1. The summed E-state index contributed by atoms with van der Waals surface area (Å²) >= 11 is 0. The summed E-state index contributed by atoms with van der Waals surface area (Å²) in [6, 6.07) is 1.27. The van der Waals surface area contributed by atoms with Crippen molar-refractivity contribution in [2.45, 2.75) is 57.5 Å². The summed E-state index contributed by atoms with van der Waals surface area (Å²) < 4.78 is 0. The highest BCUT2D eigenvalue weighted by Crippen LogP contribution is 2.22. The van der Waals surface area contributed by atoms with Crippen LogP contribution in [0.25, 0.3) is 0 Å². The molecule has 0 saturated carbocycles. The minimum absolute atomic E-state index is 0.195. The second kappa shape index (κ2) is 7.25. The van der Waals surface area contributed by atoms with E-state index in [4.69, 9.17) is 0 Å². The van der Waals surface area contributed by atoms with E-state index in [1.54, 1.807) is 7.05 Å². The topological polar surface area (TPSA) is 44.4 Å². The number of nitrogens with one attached hydrogen (secondary N) is 2. The molecule has 4 heteroatoms. The van der Waals surface area contributed by atoms with Crippen molar-refractivity contribution in [3.8, 4) is 0 Å². The number of likely N-dealkylation sites (tertiary alicyclic amines) is 1. The predicted octanol–water partition coefficient (Wildman–Crippen LogP) is 1.37. The molecule has 2 heterocycles. The molecule has 3 unspecified atom stereocenters. The van der Waals surface area contributed by atoms with Crippen molar-refractivity contribution in [3.63, 3.8) is 0 Å². The molecule has 3 atom stereocenters. The van der Waals surface area contributed by atoms with Crippen LogP contribution in [0.3, 0.4) is 0 Å². The Bertz CT molecular complexity index is 289. The monoisotopic (exact) mass is 267 g/mol. The Balaban J connectivity index is 1.80. The summed E-state index contributed by atoms with van der Waals surface area (Å²) in [6.07, 6.45) is 7.43. The smallest absolute Gasteiger partial charge is 0.224 e. The van der Waals surface area contributed by atoms with Crippen LogP contribution in [0.15, 0.2) is 0 Å². The molecule has 19 heavy (non-hydrogen) atoms. The van der Waals surface area contributed by atoms with E-state index in [1.165, 1.54) is 32.2 Å². The lowest BCUT2D eigenvalue weighted by molar-refractivity contribution is -0.126. The second-order valence-electron chi connectivity index (χ2n) is 6.18. The van der Waals surface area contributed by atoms with Gasteiger partial charge in [-0.1, -0.05) is 6.42 Å². The van der Waals surface area contributed by atoms with Crippen molar-refractivity contribution in [2.75, 3.05) is 26.7 Å². The molecule has 0 aromatic heterocycles. The average Bonchev–Trinajstić information content (AvgIpc) is 2.47. The van der Waals surface area contributed by atoms with E-state index in [-0.39, 0.29) is 11.8 Å². The van der Waals surface area contributed by atoms with Gasteiger partial charge in [-0.15, -0.1) is 0 Å². The van der Waals surface area contributed by atoms with E-state index in [2.05, 4.69) is 22.5 Å². The molecule has 2 aliphatic rings. The van der Waals surface area contributed by atoms with E-state index in [0.29, 0.717) is 12.1 Å². The number of rotatable bonds is 4. The molecule has 2 N–H and O–H groups in total. The van der Waals surface area contributed by atoms with E-state index in [1.807, 2.05) is 0 Å². The summed E-state index contributed by atoms with van der Waals surface area (Å²) in [5.41, 5.74) is 0. The summed E-state index contributed by atoms with van der Waals surface area (Å²) in [5, 5.41) is 6.43. The van der Waals surface area contributed by atoms with Crippen LogP contribution in [-0.4, -0.2) is 49.6 Å². The molecule has 2 saturated heterocycles. The molecular formula is C15H29N3O. The van der Waals surface area contributed by atoms with Gasteiger partial charge in [0.05, 0.1) is 5.92 Å². The SMILES string of the molecule is CNC(=O)C1CCCN(C(C)CC2CCCCN2)C1. The third kappa shape index (κ3) is 4.18. The van der Waals surface area contributed by atoms with Gasteiger partial charge in [-0.2, -0.15) is 0 Å². The van der Waals surface area contributed by atoms with Gasteiger partial charge in [-0.25, -0.2) is 0 Å². The van der Waals surface area contributed by atoms with Crippen LogP contribution in [-0.2, 0) is 4.79 Å². The van der Waals surface area contributed by atoms with Gasteiger partial charge in [0.2, 0.25) is 5.91 Å². The Labute approximate surface area is 117 Å². The van der Waals surface area contributed by atoms with Crippen LogP contribution in [0.4, 0.5) is 0 Å². The highest BCUT2D eigenvalue weighted by atomic mass is 16.1. The first-order valence-electron chi connectivity index (χ1n) is 7.89. The van der Waals surface area contributed by atoms with Gasteiger partial charge < -0.3 is 10.6 Å². The Kier molecular flexibility index (Phi) is 5.64. The molecule has 2 aliphatic heterocycles. The number of hydrogen-bond donors (Lipinski definition) is 2. The zero-order chi connectivity index (χ0) is 13.7. The van der Waals surface area contributed by atoms with Crippen LogP contribution >= 0.6 is 0 Å². The third-order valence-corrected chi connectivity index (χ3v) is 4.73. The molecule has 0 spiro atoms. The van der Waals surface area contributed by atoms with Gasteiger partial charge in [0, 0.05) is 25.7 Å². The van der Waals surface area contributed by atoms with Crippen molar-refractivity contribution < 1.29 is 4.79 Å². The van der Waals surface area contributed by atoms with Gasteiger partial charge >= 0.3 is 0 Å². The lowest BCUT2D eigenvalue weighted by Gasteiger charge is -2.38. The largest absolute Gasteiger partial charge is 0.359 e. The van der Waals surface area contributed by atoms with Crippen molar-refractivity contribution in [1.29, 1.82) is 0 Å². The maximum absolute atomic E-state index is 11.8. The Hall–Kier alpha value is -0.610. The molecule has 1 amide bonds. The molecule has 0 radical (unpaired) electrons. The van der Waals surface area contributed by atoms with Crippen LogP contribution in [0, 0.1) is 5.92 Å². The van der Waals surface area contributed by atoms with E-state index in [9.17, 15) is 4.79 Å². The number of piperidine rings is 2. The molecule has 110 valence electrons. The average molecular weight is 267 g/mol. The van der Waals surface area contributed by atoms with E-state index >= 15 is 0 Å². The predicted molar refractivity (Wildman–Crippen MR) is 78.1 cm³/mol. The van der Waals surface area contributed by atoms with Crippen LogP contribution in [0.2, 0.25) is 0 Å². The number of amides is 1. The zero-order valence-corrected chi connectivity index (χ0v) is 12.5. The van der Waals surface area contributed by atoms with Gasteiger partial charge in [-0.05, 0) is 52.1 Å². The summed E-state index contributed by atoms with van der Waals surface area (Å²) in [4.78, 5) is 14.3. The fraction of sp³-hybridized carbons (Fsp3) is 0.933. The van der Waals surface area contributed by atoms with Crippen molar-refractivity contribution >= 4 is 5.91 Å². The molecule has 0 aromatic rings. The normalized spacial score (nSPS) is 30.8. The quantitative estimate of drug-likeness (QED) is 0.808. The number of nitrogens with zero attached hydrogens (tertiary/aromatic N) is 1. The highest BCUT2D eigenvalue weighted by molar-refractivity contribution is 5.78. The van der Waals surface area contributed by atoms with Crippen LogP contribution < -0.4 is 10.6 Å². The maximum Gasteiger partial charge on any atom is 0.224 e. The third-order valence-electron chi connectivity index (χ3n) is 4.73. The second-order valence-corrected chi connectivity index (χ2v) is 6.18. The van der Waals surface area contributed by atoms with E-state index in [0.717, 1.165) is 25.9 Å². The fourth-order valence-corrected chi connectivity index (χ4v) is 3.51. The van der Waals surface area contributed by atoms with Gasteiger partial charge in [0.15, 0.2) is 0 Å². The molecule has 2 fully saturated rings. The first-order valence-corrected chi connectivity index (χ1v) is 7.89. The molecule has 0 aliphatic carbocycles. The van der Waals surface area contributed by atoms with Crippen molar-refractivity contribution in [2.24, 2.45) is 5.92 Å². The fourth-order valence-electron chi connectivity index (χ4n) is 3.51. The zero-order valence-electron chi connectivity index (χ0n) is 12.5. The van der Waals surface area contributed by atoms with Gasteiger partial charge in [-0.3, -0.25) is 9.69 Å². The van der Waals surface area contributed by atoms with E-state index < -0.39 is 0 Å². The van der Waals surface area contributed by atoms with Crippen LogP contribution in [0.1, 0.15) is 45.4 Å². The minimum atomic E-state index is 0.195. The summed E-state index contributed by atoms with van der Waals surface area (Å²) in [5.74, 6) is 0.410. The molecule has 0 aromatic carbocycles. The minimum Gasteiger partial charge on any atom is -0.359 e. The van der Waals surface area contributed by atoms with Crippen molar-refractivity contribution in [3.05, 3.63) is 0 Å². The Morgan fingerprint density at radius 3 is 2.89 bits per heavy atom. The lowest BCUT2D eigenvalue weighted by Crippen LogP contribution is -2.48. The molecule has 4 nitrogen and oxygen atoms in total. The number of carbonyl (C=O) groups excluding carboxylic acids is 1. The molecule has 0 bridgehead atoms. The maximum atomic E-state index is 11.8. The summed E-state index contributed by atoms with van der Waals surface area (Å²) in [6.45, 7) is 5.59. The Morgan fingerprint density at radius 2 is 2.21 bits per heavy atom. The lowest BCUT2D eigenvalue weighted by atomic mass is 9.93. The van der Waals surface area contributed by atoms with Crippen molar-refractivity contribution in [1.82, 2.24) is 15.5 Å². The van der Waals surface area contributed by atoms with Gasteiger partial charge in [0.25, 0.3) is 0 Å². The number of hydrogen-bond acceptors (Lipinski definition) is 3. The standard InChI is InChI=1S/C15H29N3O/c1-12(10-14-7-3-4-8-17-14)18-9-5-6-13(11-18)15(19)16-2/h12-14,17H,3-11H2,1-2H3,(H,16,19). The van der Waals surface area contributed by atoms with Gasteiger partial charge in [0.1, 0.15) is 0 Å². The highest BCUT2D eigenvalue weighted by Gasteiger charge is 2.28. The first kappa shape index (κ1) is 14.8. The molecule has 2 rings (SSSR count).